The van der Waals surface area contributed by atoms with Crippen LogP contribution in [0.25, 0.3) is 0 Å². The van der Waals surface area contributed by atoms with E-state index in [-0.39, 0.29) is 19.0 Å². The number of hydrogen-bond donors (Lipinski definition) is 1. The molecule has 1 heterocycles. The number of piperazine rings is 1. The van der Waals surface area contributed by atoms with Crippen LogP contribution in [-0.4, -0.2) is 39.4 Å². The highest BCUT2D eigenvalue weighted by Gasteiger charge is 2.10. The smallest absolute Gasteiger partial charge is 0.165 e. The van der Waals surface area contributed by atoms with Crippen molar-refractivity contribution < 1.29 is 18.3 Å². The van der Waals surface area contributed by atoms with Crippen LogP contribution in [0.3, 0.4) is 0 Å². The fourth-order valence-electron chi connectivity index (χ4n) is 2.58. The Labute approximate surface area is 140 Å². The average Bonchev–Trinajstić information content (AvgIpc) is 2.63. The van der Waals surface area contributed by atoms with Crippen LogP contribution >= 0.6 is 0 Å². The SMILES string of the molecule is Fc1ccc(F)c(OCCOc2ccc(N3CCNCC3)cc2)c1. The first-order chi connectivity index (χ1) is 11.7. The summed E-state index contributed by atoms with van der Waals surface area (Å²) < 4.78 is 37.2. The second-order valence-corrected chi connectivity index (χ2v) is 5.50. The van der Waals surface area contributed by atoms with Gasteiger partial charge >= 0.3 is 0 Å². The van der Waals surface area contributed by atoms with Crippen LogP contribution in [0.2, 0.25) is 0 Å². The van der Waals surface area contributed by atoms with Gasteiger partial charge in [-0.2, -0.15) is 0 Å². The largest absolute Gasteiger partial charge is 0.490 e. The third kappa shape index (κ3) is 4.35. The molecule has 1 aliphatic rings. The Morgan fingerprint density at radius 1 is 0.917 bits per heavy atom. The van der Waals surface area contributed by atoms with E-state index in [1.165, 1.54) is 5.69 Å². The van der Waals surface area contributed by atoms with Crippen molar-refractivity contribution in [3.8, 4) is 11.5 Å². The summed E-state index contributed by atoms with van der Waals surface area (Å²) in [6.07, 6.45) is 0. The van der Waals surface area contributed by atoms with Gasteiger partial charge in [-0.3, -0.25) is 0 Å². The van der Waals surface area contributed by atoms with Gasteiger partial charge in [0.1, 0.15) is 24.8 Å². The van der Waals surface area contributed by atoms with Gasteiger partial charge in [-0.1, -0.05) is 0 Å². The lowest BCUT2D eigenvalue weighted by atomic mass is 10.2. The van der Waals surface area contributed by atoms with Crippen LogP contribution in [0.5, 0.6) is 11.5 Å². The van der Waals surface area contributed by atoms with E-state index >= 15 is 0 Å². The molecule has 24 heavy (non-hydrogen) atoms. The maximum atomic E-state index is 13.4. The van der Waals surface area contributed by atoms with Crippen LogP contribution in [0.15, 0.2) is 42.5 Å². The molecule has 3 rings (SSSR count). The highest BCUT2D eigenvalue weighted by Crippen LogP contribution is 2.20. The van der Waals surface area contributed by atoms with Crippen molar-refractivity contribution in [2.24, 2.45) is 0 Å². The van der Waals surface area contributed by atoms with Crippen LogP contribution < -0.4 is 19.7 Å². The molecule has 4 nitrogen and oxygen atoms in total. The number of nitrogens with one attached hydrogen (secondary N) is 1. The third-order valence-electron chi connectivity index (χ3n) is 3.82. The molecular weight excluding hydrogens is 314 g/mol. The first kappa shape index (κ1) is 16.5. The Morgan fingerprint density at radius 2 is 1.62 bits per heavy atom. The number of halogens is 2. The molecular formula is C18H20F2N2O2. The van der Waals surface area contributed by atoms with Crippen LogP contribution in [0, 0.1) is 11.6 Å². The summed E-state index contributed by atoms with van der Waals surface area (Å²) in [7, 11) is 0. The van der Waals surface area contributed by atoms with Crippen molar-refractivity contribution in [3.05, 3.63) is 54.1 Å². The molecule has 0 spiro atoms. The van der Waals surface area contributed by atoms with Gasteiger partial charge in [0.25, 0.3) is 0 Å². The molecule has 0 radical (unpaired) electrons. The lowest BCUT2D eigenvalue weighted by Gasteiger charge is -2.29. The number of ether oxygens (including phenoxy) is 2. The molecule has 0 bridgehead atoms. The maximum Gasteiger partial charge on any atom is 0.165 e. The summed E-state index contributed by atoms with van der Waals surface area (Å²) in [5.74, 6) is -0.502. The van der Waals surface area contributed by atoms with Gasteiger partial charge in [-0.15, -0.1) is 0 Å². The molecule has 0 aliphatic carbocycles. The van der Waals surface area contributed by atoms with Gasteiger partial charge < -0.3 is 19.7 Å². The Hall–Kier alpha value is -2.34. The number of rotatable bonds is 6. The van der Waals surface area contributed by atoms with Crippen molar-refractivity contribution in [1.82, 2.24) is 5.32 Å². The van der Waals surface area contributed by atoms with E-state index in [4.69, 9.17) is 9.47 Å². The summed E-state index contributed by atoms with van der Waals surface area (Å²) in [5, 5.41) is 3.32. The molecule has 6 heteroatoms. The standard InChI is InChI=1S/C18H20F2N2O2/c19-14-1-6-17(20)18(13-14)24-12-11-23-16-4-2-15(3-5-16)22-9-7-21-8-10-22/h1-6,13,21H,7-12H2. The topological polar surface area (TPSA) is 33.7 Å². The van der Waals surface area contributed by atoms with Gasteiger partial charge in [-0.25, -0.2) is 8.78 Å². The van der Waals surface area contributed by atoms with Crippen LogP contribution in [-0.2, 0) is 0 Å². The summed E-state index contributed by atoms with van der Waals surface area (Å²) in [6, 6.07) is 11.0. The predicted molar refractivity (Wildman–Crippen MR) is 88.9 cm³/mol. The van der Waals surface area contributed by atoms with Crippen molar-refractivity contribution in [2.45, 2.75) is 0 Å². The van der Waals surface area contributed by atoms with Crippen molar-refractivity contribution >= 4 is 5.69 Å². The predicted octanol–water partition coefficient (Wildman–Crippen LogP) is 2.83. The molecule has 2 aromatic carbocycles. The maximum absolute atomic E-state index is 13.4. The monoisotopic (exact) mass is 334 g/mol. The van der Waals surface area contributed by atoms with Crippen molar-refractivity contribution in [2.75, 3.05) is 44.3 Å². The molecule has 1 fully saturated rings. The zero-order valence-corrected chi connectivity index (χ0v) is 13.3. The Kier molecular flexibility index (Phi) is 5.48. The highest BCUT2D eigenvalue weighted by molar-refractivity contribution is 5.49. The molecule has 0 saturated carbocycles. The zero-order valence-electron chi connectivity index (χ0n) is 13.3. The molecule has 1 saturated heterocycles. The number of anilines is 1. The number of hydrogen-bond acceptors (Lipinski definition) is 4. The van der Waals surface area contributed by atoms with Gasteiger partial charge in [0, 0.05) is 37.9 Å². The van der Waals surface area contributed by atoms with E-state index in [0.29, 0.717) is 0 Å². The molecule has 2 aromatic rings. The third-order valence-corrected chi connectivity index (χ3v) is 3.82. The second-order valence-electron chi connectivity index (χ2n) is 5.50. The second kappa shape index (κ2) is 7.97. The molecule has 0 amide bonds. The normalized spacial score (nSPS) is 14.5. The molecule has 1 N–H and O–H groups in total. The van der Waals surface area contributed by atoms with E-state index in [1.54, 1.807) is 0 Å². The quantitative estimate of drug-likeness (QED) is 0.824. The van der Waals surface area contributed by atoms with E-state index in [0.717, 1.165) is 50.1 Å². The summed E-state index contributed by atoms with van der Waals surface area (Å²) in [5.41, 5.74) is 1.17. The van der Waals surface area contributed by atoms with Crippen molar-refractivity contribution in [1.29, 1.82) is 0 Å². The van der Waals surface area contributed by atoms with E-state index in [9.17, 15) is 8.78 Å². The molecule has 0 unspecified atom stereocenters. The average molecular weight is 334 g/mol. The fraction of sp³-hybridized carbons (Fsp3) is 0.333. The zero-order chi connectivity index (χ0) is 16.8. The minimum Gasteiger partial charge on any atom is -0.490 e. The molecule has 128 valence electrons. The van der Waals surface area contributed by atoms with Crippen molar-refractivity contribution in [3.63, 3.8) is 0 Å². The van der Waals surface area contributed by atoms with Gasteiger partial charge in [0.15, 0.2) is 11.6 Å². The lowest BCUT2D eigenvalue weighted by molar-refractivity contribution is 0.211. The summed E-state index contributed by atoms with van der Waals surface area (Å²) >= 11 is 0. The fourth-order valence-corrected chi connectivity index (χ4v) is 2.58. The molecule has 0 atom stereocenters. The van der Waals surface area contributed by atoms with E-state index < -0.39 is 11.6 Å². The Balaban J connectivity index is 1.45. The summed E-state index contributed by atoms with van der Waals surface area (Å²) in [4.78, 5) is 2.32. The van der Waals surface area contributed by atoms with Crippen LogP contribution in [0.4, 0.5) is 14.5 Å². The Morgan fingerprint density at radius 3 is 2.38 bits per heavy atom. The summed E-state index contributed by atoms with van der Waals surface area (Å²) in [6.45, 7) is 4.36. The highest BCUT2D eigenvalue weighted by atomic mass is 19.1. The first-order valence-electron chi connectivity index (χ1n) is 7.99. The first-order valence-corrected chi connectivity index (χ1v) is 7.99. The minimum absolute atomic E-state index is 0.104. The number of benzene rings is 2. The minimum atomic E-state index is -0.586. The van der Waals surface area contributed by atoms with Gasteiger partial charge in [-0.05, 0) is 36.4 Å². The number of nitrogens with zero attached hydrogens (tertiary/aromatic N) is 1. The lowest BCUT2D eigenvalue weighted by Crippen LogP contribution is -2.43. The van der Waals surface area contributed by atoms with Gasteiger partial charge in [0.05, 0.1) is 0 Å². The Bertz CT molecular complexity index is 659. The van der Waals surface area contributed by atoms with Gasteiger partial charge in [0.2, 0.25) is 0 Å². The molecule has 0 aromatic heterocycles. The molecule has 1 aliphatic heterocycles. The van der Waals surface area contributed by atoms with Crippen LogP contribution in [0.1, 0.15) is 0 Å². The van der Waals surface area contributed by atoms with E-state index in [2.05, 4.69) is 10.2 Å². The van der Waals surface area contributed by atoms with E-state index in [1.807, 2.05) is 24.3 Å².